The minimum Gasteiger partial charge on any atom is -0.371 e. The molecule has 2 aromatic carbocycles. The molecule has 3 nitrogen and oxygen atoms in total. The van der Waals surface area contributed by atoms with E-state index in [0.29, 0.717) is 6.04 Å². The highest BCUT2D eigenvalue weighted by Gasteiger charge is 2.18. The van der Waals surface area contributed by atoms with Crippen molar-refractivity contribution in [1.29, 1.82) is 0 Å². The molecule has 0 aliphatic carbocycles. The Balaban J connectivity index is 0.00000169. The van der Waals surface area contributed by atoms with Gasteiger partial charge in [-0.05, 0) is 61.6 Å². The second-order valence-electron chi connectivity index (χ2n) is 6.84. The molecule has 0 saturated carbocycles. The molecule has 3 rings (SSSR count). The van der Waals surface area contributed by atoms with Crippen molar-refractivity contribution >= 4 is 30.5 Å². The topological polar surface area (TPSA) is 41.3 Å². The lowest BCUT2D eigenvalue weighted by Gasteiger charge is -2.34. The van der Waals surface area contributed by atoms with Gasteiger partial charge in [-0.2, -0.15) is 0 Å². The van der Waals surface area contributed by atoms with E-state index in [9.17, 15) is 0 Å². The van der Waals surface area contributed by atoms with Crippen LogP contribution in [0.15, 0.2) is 48.5 Å². The van der Waals surface area contributed by atoms with E-state index >= 15 is 0 Å². The number of hydrogen-bond acceptors (Lipinski definition) is 3. The molecule has 1 saturated heterocycles. The highest BCUT2D eigenvalue weighted by Crippen LogP contribution is 2.21. The Morgan fingerprint density at radius 1 is 1.00 bits per heavy atom. The van der Waals surface area contributed by atoms with Crippen molar-refractivity contribution in [2.24, 2.45) is 5.73 Å². The van der Waals surface area contributed by atoms with Gasteiger partial charge in [-0.15, -0.1) is 24.8 Å². The van der Waals surface area contributed by atoms with Gasteiger partial charge in [0.2, 0.25) is 0 Å². The lowest BCUT2D eigenvalue weighted by atomic mass is 10.0. The summed E-state index contributed by atoms with van der Waals surface area (Å²) >= 11 is 0. The van der Waals surface area contributed by atoms with Crippen molar-refractivity contribution < 1.29 is 0 Å². The number of aryl methyl sites for hydroxylation is 1. The predicted molar refractivity (Wildman–Crippen MR) is 117 cm³/mol. The molecule has 0 amide bonds. The zero-order valence-corrected chi connectivity index (χ0v) is 17.1. The Bertz CT molecular complexity index is 638. The number of benzene rings is 2. The fourth-order valence-corrected chi connectivity index (χ4v) is 3.42. The molecular weight excluding hydrogens is 365 g/mol. The van der Waals surface area contributed by atoms with Crippen LogP contribution >= 0.6 is 24.8 Å². The van der Waals surface area contributed by atoms with Crippen LogP contribution < -0.4 is 16.0 Å². The molecule has 0 atom stereocenters. The maximum Gasteiger partial charge on any atom is 0.0368 e. The molecule has 3 N–H and O–H groups in total. The normalized spacial score (nSPS) is 14.5. The van der Waals surface area contributed by atoms with Crippen molar-refractivity contribution in [3.05, 3.63) is 65.2 Å². The van der Waals surface area contributed by atoms with Crippen LogP contribution in [0.4, 0.5) is 5.69 Å². The van der Waals surface area contributed by atoms with Crippen molar-refractivity contribution in [1.82, 2.24) is 5.32 Å². The fourth-order valence-electron chi connectivity index (χ4n) is 3.42. The minimum absolute atomic E-state index is 0. The molecule has 1 fully saturated rings. The first-order valence-electron chi connectivity index (χ1n) is 9.07. The van der Waals surface area contributed by atoms with Gasteiger partial charge >= 0.3 is 0 Å². The Kier molecular flexibility index (Phi) is 10.0. The van der Waals surface area contributed by atoms with Gasteiger partial charge in [0.1, 0.15) is 0 Å². The van der Waals surface area contributed by atoms with E-state index in [2.05, 4.69) is 65.7 Å². The second-order valence-corrected chi connectivity index (χ2v) is 6.84. The number of nitrogens with two attached hydrogens (primary N) is 1. The minimum atomic E-state index is 0. The summed E-state index contributed by atoms with van der Waals surface area (Å²) in [5.74, 6) is 0. The number of rotatable bonds is 6. The van der Waals surface area contributed by atoms with Gasteiger partial charge < -0.3 is 16.0 Å². The predicted octanol–water partition coefficient (Wildman–Crippen LogP) is 4.10. The summed E-state index contributed by atoms with van der Waals surface area (Å²) in [5.41, 5.74) is 11.0. The molecule has 5 heteroatoms. The van der Waals surface area contributed by atoms with Crippen molar-refractivity contribution in [2.75, 3.05) is 24.5 Å². The third-order valence-electron chi connectivity index (χ3n) is 4.91. The SMILES string of the molecule is Cc1cccc(N2CCC(NCc3ccc(CCN)cc3)CC2)c1.Cl.Cl. The lowest BCUT2D eigenvalue weighted by Crippen LogP contribution is -2.42. The number of nitrogens with zero attached hydrogens (tertiary/aromatic N) is 1. The zero-order valence-electron chi connectivity index (χ0n) is 15.5. The summed E-state index contributed by atoms with van der Waals surface area (Å²) in [4.78, 5) is 2.51. The van der Waals surface area contributed by atoms with Gasteiger partial charge in [0, 0.05) is 31.4 Å². The Morgan fingerprint density at radius 2 is 1.65 bits per heavy atom. The Labute approximate surface area is 170 Å². The third-order valence-corrected chi connectivity index (χ3v) is 4.91. The summed E-state index contributed by atoms with van der Waals surface area (Å²) in [6, 6.07) is 18.3. The fraction of sp³-hybridized carbons (Fsp3) is 0.429. The van der Waals surface area contributed by atoms with Gasteiger partial charge in [0.25, 0.3) is 0 Å². The maximum absolute atomic E-state index is 5.60. The quantitative estimate of drug-likeness (QED) is 0.773. The maximum atomic E-state index is 5.60. The molecule has 1 aliphatic heterocycles. The van der Waals surface area contributed by atoms with E-state index < -0.39 is 0 Å². The van der Waals surface area contributed by atoms with Crippen LogP contribution in [0.25, 0.3) is 0 Å². The summed E-state index contributed by atoms with van der Waals surface area (Å²) in [7, 11) is 0. The molecule has 0 bridgehead atoms. The first-order valence-corrected chi connectivity index (χ1v) is 9.07. The van der Waals surface area contributed by atoms with Crippen molar-refractivity contribution in [3.63, 3.8) is 0 Å². The molecular formula is C21H31Cl2N3. The van der Waals surface area contributed by atoms with Crippen LogP contribution in [0, 0.1) is 6.92 Å². The number of hydrogen-bond donors (Lipinski definition) is 2. The Hall–Kier alpha value is -1.26. The number of nitrogens with one attached hydrogen (secondary N) is 1. The van der Waals surface area contributed by atoms with Crippen molar-refractivity contribution in [3.8, 4) is 0 Å². The standard InChI is InChI=1S/C21H29N3.2ClH/c1-17-3-2-4-21(15-17)24-13-10-20(11-14-24)23-16-19-7-5-18(6-8-19)9-12-22;;/h2-8,15,20,23H,9-14,16,22H2,1H3;2*1H. The van der Waals surface area contributed by atoms with Crippen molar-refractivity contribution in [2.45, 2.75) is 38.8 Å². The first kappa shape index (κ1) is 22.8. The van der Waals surface area contributed by atoms with Gasteiger partial charge in [-0.3, -0.25) is 0 Å². The van der Waals surface area contributed by atoms with Crippen LogP contribution in [0.5, 0.6) is 0 Å². The second kappa shape index (κ2) is 11.5. The third kappa shape index (κ3) is 6.48. The molecule has 0 unspecified atom stereocenters. The zero-order chi connectivity index (χ0) is 16.8. The molecule has 2 aromatic rings. The summed E-state index contributed by atoms with van der Waals surface area (Å²) in [6.45, 7) is 6.11. The smallest absolute Gasteiger partial charge is 0.0368 e. The van der Waals surface area contributed by atoms with Crippen LogP contribution in [0.3, 0.4) is 0 Å². The highest BCUT2D eigenvalue weighted by molar-refractivity contribution is 5.85. The molecule has 26 heavy (non-hydrogen) atoms. The van der Waals surface area contributed by atoms with Gasteiger partial charge in [-0.1, -0.05) is 36.4 Å². The van der Waals surface area contributed by atoms with E-state index in [-0.39, 0.29) is 24.8 Å². The molecule has 0 radical (unpaired) electrons. The summed E-state index contributed by atoms with van der Waals surface area (Å²) < 4.78 is 0. The van der Waals surface area contributed by atoms with Gasteiger partial charge in [0.15, 0.2) is 0 Å². The van der Waals surface area contributed by atoms with Gasteiger partial charge in [-0.25, -0.2) is 0 Å². The average Bonchev–Trinajstić information content (AvgIpc) is 2.62. The Morgan fingerprint density at radius 3 is 2.27 bits per heavy atom. The van der Waals surface area contributed by atoms with E-state index in [1.54, 1.807) is 0 Å². The van der Waals surface area contributed by atoms with Gasteiger partial charge in [0.05, 0.1) is 0 Å². The number of anilines is 1. The molecule has 0 aromatic heterocycles. The van der Waals surface area contributed by atoms with E-state index in [1.165, 1.54) is 35.2 Å². The monoisotopic (exact) mass is 395 g/mol. The van der Waals surface area contributed by atoms with Crippen LogP contribution in [-0.4, -0.2) is 25.7 Å². The lowest BCUT2D eigenvalue weighted by molar-refractivity contribution is 0.414. The molecule has 144 valence electrons. The van der Waals surface area contributed by atoms with Crippen LogP contribution in [-0.2, 0) is 13.0 Å². The molecule has 1 aliphatic rings. The molecule has 0 spiro atoms. The largest absolute Gasteiger partial charge is 0.371 e. The average molecular weight is 396 g/mol. The van der Waals surface area contributed by atoms with E-state index in [1.807, 2.05) is 0 Å². The van der Waals surface area contributed by atoms with E-state index in [0.717, 1.165) is 32.6 Å². The number of piperidine rings is 1. The summed E-state index contributed by atoms with van der Waals surface area (Å²) in [6.07, 6.45) is 3.38. The van der Waals surface area contributed by atoms with Crippen LogP contribution in [0.1, 0.15) is 29.5 Å². The number of halogens is 2. The van der Waals surface area contributed by atoms with E-state index in [4.69, 9.17) is 5.73 Å². The summed E-state index contributed by atoms with van der Waals surface area (Å²) in [5, 5.41) is 3.72. The van der Waals surface area contributed by atoms with Crippen LogP contribution in [0.2, 0.25) is 0 Å². The first-order chi connectivity index (χ1) is 11.7. The highest BCUT2D eigenvalue weighted by atomic mass is 35.5. The molecule has 1 heterocycles.